The third-order valence-corrected chi connectivity index (χ3v) is 2.29. The lowest BCUT2D eigenvalue weighted by Crippen LogP contribution is -1.98. The van der Waals surface area contributed by atoms with Crippen LogP contribution < -0.4 is 5.73 Å². The molecule has 0 radical (unpaired) electrons. The highest BCUT2D eigenvalue weighted by atomic mass is 14.7. The standard InChI is InChI=1S/C11H12N2/c1-8-11-9(5-6-13-8)3-2-4-10(11)7-12/h2-6H,7,12H2,1H3. The van der Waals surface area contributed by atoms with Gasteiger partial charge in [0.15, 0.2) is 0 Å². The first kappa shape index (κ1) is 8.20. The van der Waals surface area contributed by atoms with Crippen LogP contribution in [-0.2, 0) is 6.54 Å². The van der Waals surface area contributed by atoms with Crippen LogP contribution in [-0.4, -0.2) is 4.98 Å². The monoisotopic (exact) mass is 172 g/mol. The minimum atomic E-state index is 0.573. The lowest BCUT2D eigenvalue weighted by atomic mass is 10.0. The van der Waals surface area contributed by atoms with E-state index >= 15 is 0 Å². The van der Waals surface area contributed by atoms with E-state index < -0.39 is 0 Å². The molecule has 0 bridgehead atoms. The number of benzene rings is 1. The normalized spacial score (nSPS) is 10.6. The summed E-state index contributed by atoms with van der Waals surface area (Å²) in [7, 11) is 0. The zero-order chi connectivity index (χ0) is 9.26. The molecule has 0 fully saturated rings. The number of aromatic nitrogens is 1. The molecule has 13 heavy (non-hydrogen) atoms. The molecule has 2 heteroatoms. The van der Waals surface area contributed by atoms with Gasteiger partial charge in [-0.15, -0.1) is 0 Å². The van der Waals surface area contributed by atoms with E-state index in [1.54, 1.807) is 0 Å². The van der Waals surface area contributed by atoms with Crippen molar-refractivity contribution in [3.8, 4) is 0 Å². The Kier molecular flexibility index (Phi) is 1.99. The van der Waals surface area contributed by atoms with Crippen LogP contribution >= 0.6 is 0 Å². The van der Waals surface area contributed by atoms with Crippen LogP contribution in [0.5, 0.6) is 0 Å². The second-order valence-electron chi connectivity index (χ2n) is 3.12. The van der Waals surface area contributed by atoms with Crippen molar-refractivity contribution < 1.29 is 0 Å². The molecule has 0 atom stereocenters. The van der Waals surface area contributed by atoms with E-state index in [-0.39, 0.29) is 0 Å². The minimum Gasteiger partial charge on any atom is -0.326 e. The molecule has 2 nitrogen and oxygen atoms in total. The summed E-state index contributed by atoms with van der Waals surface area (Å²) in [5.41, 5.74) is 7.88. The van der Waals surface area contributed by atoms with E-state index in [0.717, 1.165) is 5.69 Å². The third kappa shape index (κ3) is 1.29. The minimum absolute atomic E-state index is 0.573. The van der Waals surface area contributed by atoms with Crippen LogP contribution in [0, 0.1) is 6.92 Å². The summed E-state index contributed by atoms with van der Waals surface area (Å²) in [5.74, 6) is 0. The Bertz CT molecular complexity index is 430. The van der Waals surface area contributed by atoms with E-state index in [9.17, 15) is 0 Å². The summed E-state index contributed by atoms with van der Waals surface area (Å²) >= 11 is 0. The quantitative estimate of drug-likeness (QED) is 0.714. The SMILES string of the molecule is Cc1nccc2cccc(CN)c12. The fourth-order valence-corrected chi connectivity index (χ4v) is 1.66. The number of aryl methyl sites for hydroxylation is 1. The maximum atomic E-state index is 5.66. The number of fused-ring (bicyclic) bond motifs is 1. The summed E-state index contributed by atoms with van der Waals surface area (Å²) in [5, 5.41) is 2.42. The maximum Gasteiger partial charge on any atom is 0.0454 e. The van der Waals surface area contributed by atoms with Gasteiger partial charge in [-0.2, -0.15) is 0 Å². The van der Waals surface area contributed by atoms with Gasteiger partial charge >= 0.3 is 0 Å². The molecule has 2 aromatic rings. The predicted molar refractivity (Wildman–Crippen MR) is 54.4 cm³/mol. The summed E-state index contributed by atoms with van der Waals surface area (Å²) in [6.45, 7) is 2.59. The van der Waals surface area contributed by atoms with Gasteiger partial charge in [0, 0.05) is 23.8 Å². The number of pyridine rings is 1. The van der Waals surface area contributed by atoms with E-state index in [1.165, 1.54) is 16.3 Å². The van der Waals surface area contributed by atoms with Gasteiger partial charge in [0.25, 0.3) is 0 Å². The predicted octanol–water partition coefficient (Wildman–Crippen LogP) is 2.00. The van der Waals surface area contributed by atoms with Crippen LogP contribution in [0.2, 0.25) is 0 Å². The van der Waals surface area contributed by atoms with Crippen LogP contribution in [0.25, 0.3) is 10.8 Å². The Morgan fingerprint density at radius 2 is 2.15 bits per heavy atom. The smallest absolute Gasteiger partial charge is 0.0454 e. The second-order valence-corrected chi connectivity index (χ2v) is 3.12. The lowest BCUT2D eigenvalue weighted by molar-refractivity contribution is 1.08. The summed E-state index contributed by atoms with van der Waals surface area (Å²) < 4.78 is 0. The Labute approximate surface area is 77.4 Å². The molecule has 0 unspecified atom stereocenters. The van der Waals surface area contributed by atoms with Crippen molar-refractivity contribution in [2.24, 2.45) is 5.73 Å². The van der Waals surface area contributed by atoms with E-state index in [2.05, 4.69) is 17.1 Å². The average molecular weight is 172 g/mol. The van der Waals surface area contributed by atoms with Crippen molar-refractivity contribution in [3.05, 3.63) is 41.7 Å². The average Bonchev–Trinajstić information content (AvgIpc) is 2.17. The van der Waals surface area contributed by atoms with E-state index in [1.807, 2.05) is 25.3 Å². The van der Waals surface area contributed by atoms with Crippen LogP contribution in [0.1, 0.15) is 11.3 Å². The molecule has 0 amide bonds. The molecule has 1 aromatic carbocycles. The molecule has 1 aromatic heterocycles. The molecule has 1 heterocycles. The van der Waals surface area contributed by atoms with Gasteiger partial charge in [0.1, 0.15) is 0 Å². The van der Waals surface area contributed by atoms with Crippen molar-refractivity contribution in [3.63, 3.8) is 0 Å². The largest absolute Gasteiger partial charge is 0.326 e. The molecular weight excluding hydrogens is 160 g/mol. The molecule has 0 aliphatic carbocycles. The molecule has 0 saturated heterocycles. The zero-order valence-electron chi connectivity index (χ0n) is 7.62. The molecule has 2 N–H and O–H groups in total. The van der Waals surface area contributed by atoms with Gasteiger partial charge < -0.3 is 5.73 Å². The topological polar surface area (TPSA) is 38.9 Å². The fraction of sp³-hybridized carbons (Fsp3) is 0.182. The van der Waals surface area contributed by atoms with Crippen molar-refractivity contribution in [2.45, 2.75) is 13.5 Å². The van der Waals surface area contributed by atoms with Crippen LogP contribution in [0.15, 0.2) is 30.5 Å². The number of nitrogens with two attached hydrogens (primary N) is 1. The Morgan fingerprint density at radius 1 is 1.31 bits per heavy atom. The van der Waals surface area contributed by atoms with Gasteiger partial charge in [-0.05, 0) is 23.9 Å². The number of nitrogens with zero attached hydrogens (tertiary/aromatic N) is 1. The highest BCUT2D eigenvalue weighted by Gasteiger charge is 2.01. The molecule has 0 spiro atoms. The molecule has 0 saturated carbocycles. The summed E-state index contributed by atoms with van der Waals surface area (Å²) in [4.78, 5) is 4.26. The van der Waals surface area contributed by atoms with E-state index in [0.29, 0.717) is 6.54 Å². The van der Waals surface area contributed by atoms with Crippen LogP contribution in [0.4, 0.5) is 0 Å². The highest BCUT2D eigenvalue weighted by molar-refractivity contribution is 5.87. The van der Waals surface area contributed by atoms with Gasteiger partial charge in [0.2, 0.25) is 0 Å². The lowest BCUT2D eigenvalue weighted by Gasteiger charge is -2.05. The van der Waals surface area contributed by atoms with Crippen molar-refractivity contribution in [1.82, 2.24) is 4.98 Å². The van der Waals surface area contributed by atoms with Gasteiger partial charge in [0.05, 0.1) is 0 Å². The summed E-state index contributed by atoms with van der Waals surface area (Å²) in [6.07, 6.45) is 1.83. The van der Waals surface area contributed by atoms with Crippen molar-refractivity contribution >= 4 is 10.8 Å². The Morgan fingerprint density at radius 3 is 2.92 bits per heavy atom. The number of hydrogen-bond acceptors (Lipinski definition) is 2. The number of rotatable bonds is 1. The first-order chi connectivity index (χ1) is 6.33. The molecular formula is C11H12N2. The first-order valence-corrected chi connectivity index (χ1v) is 4.36. The highest BCUT2D eigenvalue weighted by Crippen LogP contribution is 2.20. The molecule has 66 valence electrons. The second kappa shape index (κ2) is 3.15. The third-order valence-electron chi connectivity index (χ3n) is 2.29. The Hall–Kier alpha value is -1.41. The molecule has 0 aliphatic rings. The van der Waals surface area contributed by atoms with Gasteiger partial charge in [-0.25, -0.2) is 0 Å². The van der Waals surface area contributed by atoms with Gasteiger partial charge in [-0.3, -0.25) is 4.98 Å². The number of hydrogen-bond donors (Lipinski definition) is 1. The van der Waals surface area contributed by atoms with Gasteiger partial charge in [-0.1, -0.05) is 18.2 Å². The first-order valence-electron chi connectivity index (χ1n) is 4.36. The fourth-order valence-electron chi connectivity index (χ4n) is 1.66. The molecule has 0 aliphatic heterocycles. The zero-order valence-corrected chi connectivity index (χ0v) is 7.62. The van der Waals surface area contributed by atoms with Crippen molar-refractivity contribution in [2.75, 3.05) is 0 Å². The van der Waals surface area contributed by atoms with E-state index in [4.69, 9.17) is 5.73 Å². The Balaban J connectivity index is 2.87. The van der Waals surface area contributed by atoms with Crippen LogP contribution in [0.3, 0.4) is 0 Å². The van der Waals surface area contributed by atoms with Crippen molar-refractivity contribution in [1.29, 1.82) is 0 Å². The summed E-state index contributed by atoms with van der Waals surface area (Å²) in [6, 6.07) is 8.19. The maximum absolute atomic E-state index is 5.66. The molecule has 2 rings (SSSR count).